The summed E-state index contributed by atoms with van der Waals surface area (Å²) in [5.74, 6) is 4.50. The molecule has 0 N–H and O–H groups in total. The van der Waals surface area contributed by atoms with Crippen molar-refractivity contribution in [2.75, 3.05) is 0 Å². The zero-order valence-corrected chi connectivity index (χ0v) is 14.7. The fourth-order valence-corrected chi connectivity index (χ4v) is 0.642. The van der Waals surface area contributed by atoms with Crippen LogP contribution in [0.3, 0.4) is 0 Å². The second-order valence-electron chi connectivity index (χ2n) is 2.42. The van der Waals surface area contributed by atoms with E-state index < -0.39 is 0 Å². The first-order valence-corrected chi connectivity index (χ1v) is 8.53. The smallest absolute Gasteiger partial charge is 1.00 e. The third-order valence-corrected chi connectivity index (χ3v) is 1.11. The summed E-state index contributed by atoms with van der Waals surface area (Å²) in [6.07, 6.45) is 0. The molecule has 0 aromatic heterocycles. The van der Waals surface area contributed by atoms with Crippen LogP contribution in [0.4, 0.5) is 0 Å². The van der Waals surface area contributed by atoms with Gasteiger partial charge in [0.15, 0.2) is 0 Å². The Kier molecular flexibility index (Phi) is 39.2. The molecule has 2 aromatic rings. The molecule has 0 aliphatic rings. The Morgan fingerprint density at radius 3 is 0.938 bits per heavy atom. The summed E-state index contributed by atoms with van der Waals surface area (Å²) in [6, 6.07) is 20.0. The number of hydrogen-bond donors (Lipinski definition) is 0. The summed E-state index contributed by atoms with van der Waals surface area (Å²) in [7, 11) is 0. The third kappa shape index (κ3) is 24.0. The van der Waals surface area contributed by atoms with E-state index in [1.54, 1.807) is 0 Å². The Morgan fingerprint density at radius 1 is 0.688 bits per heavy atom. The van der Waals surface area contributed by atoms with Crippen LogP contribution in [0.1, 0.15) is 0 Å². The molecule has 0 saturated heterocycles. The minimum absolute atomic E-state index is 0. The van der Waals surface area contributed by atoms with Crippen LogP contribution in [0.15, 0.2) is 60.7 Å². The molecule has 0 nitrogen and oxygen atoms in total. The molecule has 2 rings (SSSR count). The van der Waals surface area contributed by atoms with Crippen LogP contribution in [-0.4, -0.2) is 15.4 Å². The van der Waals surface area contributed by atoms with Crippen LogP contribution in [0.25, 0.3) is 0 Å². The quantitative estimate of drug-likeness (QED) is 0.367. The average molecular weight is 352 g/mol. The monoisotopic (exact) mass is 352 g/mol. The molecule has 16 heavy (non-hydrogen) atoms. The Morgan fingerprint density at radius 2 is 0.875 bits per heavy atom. The summed E-state index contributed by atoms with van der Waals surface area (Å²) in [5, 5.41) is 0. The Balaban J connectivity index is -0.0000000638. The van der Waals surface area contributed by atoms with Crippen molar-refractivity contribution >= 4 is 15.4 Å². The minimum Gasteiger partial charge on any atom is -1.00 e. The van der Waals surface area contributed by atoms with Crippen molar-refractivity contribution in [3.05, 3.63) is 60.7 Å². The molecule has 4 heteroatoms. The van der Waals surface area contributed by atoms with E-state index >= 15 is 0 Å². The number of rotatable bonds is 0. The van der Waals surface area contributed by atoms with E-state index in [1.807, 2.05) is 60.7 Å². The Bertz CT molecular complexity index is 171. The standard InChI is InChI=1S/2C5H5.C2H6Ge.2ClH.Ti/c2*1-2-4-5-3-1;1-3-2;;;/h2*1-5H;1-2H3;2*1H;/q2*-1;;;;+4/p-2. The van der Waals surface area contributed by atoms with Crippen LogP contribution in [0.2, 0.25) is 11.5 Å². The molecule has 2 radical (unpaired) electrons. The van der Waals surface area contributed by atoms with Crippen molar-refractivity contribution in [3.8, 4) is 0 Å². The molecule has 0 spiro atoms. The van der Waals surface area contributed by atoms with Gasteiger partial charge in [0.05, 0.1) is 0 Å². The van der Waals surface area contributed by atoms with Crippen LogP contribution in [0.5, 0.6) is 0 Å². The first kappa shape index (κ1) is 25.4. The van der Waals surface area contributed by atoms with Crippen molar-refractivity contribution < 1.29 is 46.5 Å². The van der Waals surface area contributed by atoms with Crippen molar-refractivity contribution in [1.29, 1.82) is 0 Å². The van der Waals surface area contributed by atoms with Gasteiger partial charge in [0, 0.05) is 0 Å². The van der Waals surface area contributed by atoms with E-state index in [-0.39, 0.29) is 46.5 Å². The van der Waals surface area contributed by atoms with E-state index in [2.05, 4.69) is 11.5 Å². The first-order chi connectivity index (χ1) is 6.41. The SMILES string of the molecule is [CH3][Ge][CH3].[Cl-].[Cl-].[Ti+4].c1cc[cH-]c1.c1cc[cH-]c1. The maximum atomic E-state index is 2.25. The van der Waals surface area contributed by atoms with Gasteiger partial charge in [-0.15, -0.1) is 0 Å². The van der Waals surface area contributed by atoms with Gasteiger partial charge in [-0.3, -0.25) is 0 Å². The van der Waals surface area contributed by atoms with Gasteiger partial charge in [-0.1, -0.05) is 0 Å². The third-order valence-electron chi connectivity index (χ3n) is 1.11. The van der Waals surface area contributed by atoms with Gasteiger partial charge in [0.2, 0.25) is 0 Å². The fourth-order valence-electron chi connectivity index (χ4n) is 0.642. The van der Waals surface area contributed by atoms with E-state index in [0.29, 0.717) is 15.4 Å². The zero-order chi connectivity index (χ0) is 9.78. The van der Waals surface area contributed by atoms with Crippen LogP contribution >= 0.6 is 0 Å². The maximum Gasteiger partial charge on any atom is 4.00 e. The van der Waals surface area contributed by atoms with Gasteiger partial charge in [-0.05, 0) is 0 Å². The number of hydrogen-bond acceptors (Lipinski definition) is 0. The van der Waals surface area contributed by atoms with Crippen LogP contribution in [-0.2, 0) is 21.7 Å². The molecule has 0 unspecified atom stereocenters. The molecular formula is C12H16Cl2GeTi. The van der Waals surface area contributed by atoms with E-state index in [4.69, 9.17) is 0 Å². The summed E-state index contributed by atoms with van der Waals surface area (Å²) >= 11 is 0.500. The average Bonchev–Trinajstić information content (AvgIpc) is 2.85. The minimum atomic E-state index is 0. The van der Waals surface area contributed by atoms with Gasteiger partial charge >= 0.3 is 48.7 Å². The second-order valence-corrected chi connectivity index (χ2v) is 4.52. The van der Waals surface area contributed by atoms with E-state index in [1.165, 1.54) is 0 Å². The normalized spacial score (nSPS) is 6.12. The fraction of sp³-hybridized carbons (Fsp3) is 0.167. The van der Waals surface area contributed by atoms with E-state index in [0.717, 1.165) is 0 Å². The topological polar surface area (TPSA) is 0 Å². The van der Waals surface area contributed by atoms with Gasteiger partial charge in [-0.25, -0.2) is 24.3 Å². The molecule has 0 aliphatic heterocycles. The summed E-state index contributed by atoms with van der Waals surface area (Å²) in [5.41, 5.74) is 0. The predicted octanol–water partition coefficient (Wildman–Crippen LogP) is -2.40. The molecular weight excluding hydrogens is 336 g/mol. The van der Waals surface area contributed by atoms with Crippen molar-refractivity contribution in [1.82, 2.24) is 0 Å². The van der Waals surface area contributed by atoms with Gasteiger partial charge in [-0.2, -0.15) is 36.4 Å². The van der Waals surface area contributed by atoms with Crippen LogP contribution < -0.4 is 24.8 Å². The van der Waals surface area contributed by atoms with Crippen molar-refractivity contribution in [2.24, 2.45) is 0 Å². The van der Waals surface area contributed by atoms with Gasteiger partial charge < -0.3 is 24.8 Å². The Hall–Kier alpha value is 0.537. The molecule has 0 aliphatic carbocycles. The van der Waals surface area contributed by atoms with Crippen molar-refractivity contribution in [3.63, 3.8) is 0 Å². The molecule has 0 saturated carbocycles. The molecule has 2 aromatic carbocycles. The predicted molar refractivity (Wildman–Crippen MR) is 61.6 cm³/mol. The maximum absolute atomic E-state index is 2.25. The molecule has 0 amide bonds. The van der Waals surface area contributed by atoms with Crippen molar-refractivity contribution in [2.45, 2.75) is 11.5 Å². The molecule has 0 fully saturated rings. The first-order valence-electron chi connectivity index (χ1n) is 4.33. The Labute approximate surface area is 133 Å². The second kappa shape index (κ2) is 24.7. The summed E-state index contributed by atoms with van der Waals surface area (Å²) in [4.78, 5) is 0. The van der Waals surface area contributed by atoms with Gasteiger partial charge in [0.1, 0.15) is 0 Å². The van der Waals surface area contributed by atoms with Crippen LogP contribution in [0, 0.1) is 0 Å². The number of halogens is 2. The molecule has 86 valence electrons. The van der Waals surface area contributed by atoms with E-state index in [9.17, 15) is 0 Å². The largest absolute Gasteiger partial charge is 4.00 e. The summed E-state index contributed by atoms with van der Waals surface area (Å²) < 4.78 is 0. The summed E-state index contributed by atoms with van der Waals surface area (Å²) in [6.45, 7) is 0. The zero-order valence-electron chi connectivity index (χ0n) is 9.53. The molecule has 0 atom stereocenters. The molecule has 0 bridgehead atoms. The van der Waals surface area contributed by atoms with Gasteiger partial charge in [0.25, 0.3) is 0 Å². The molecule has 0 heterocycles.